The molecule has 0 spiro atoms. The lowest BCUT2D eigenvalue weighted by molar-refractivity contribution is -0.145. The number of hydrogen-bond donors (Lipinski definition) is 1. The third kappa shape index (κ3) is 3.76. The quantitative estimate of drug-likeness (QED) is 0.474. The lowest BCUT2D eigenvalue weighted by Gasteiger charge is -2.36. The van der Waals surface area contributed by atoms with Crippen LogP contribution < -0.4 is 0 Å². The predicted molar refractivity (Wildman–Crippen MR) is 124 cm³/mol. The number of benzene rings is 2. The number of carbonyl (C=O) groups excluding carboxylic acids is 1. The SMILES string of the molecule is O=C1CN(S(=O)(=O)c2cc3ccc(Cl)cc3s2)CCN1C(O)c1ccc2cnccc2c1. The van der Waals surface area contributed by atoms with Crippen molar-refractivity contribution >= 4 is 59.7 Å². The molecule has 1 N–H and O–H groups in total. The van der Waals surface area contributed by atoms with Gasteiger partial charge in [0.1, 0.15) is 4.21 Å². The van der Waals surface area contributed by atoms with E-state index in [0.29, 0.717) is 10.6 Å². The Kier molecular flexibility index (Phi) is 5.39. The molecule has 5 rings (SSSR count). The highest BCUT2D eigenvalue weighted by Crippen LogP contribution is 2.33. The Labute approximate surface area is 193 Å². The van der Waals surface area contributed by atoms with Crippen LogP contribution in [0.25, 0.3) is 20.9 Å². The Bertz CT molecular complexity index is 1450. The highest BCUT2D eigenvalue weighted by atomic mass is 35.5. The number of rotatable bonds is 4. The molecule has 1 aliphatic rings. The Balaban J connectivity index is 1.36. The molecular formula is C22H18ClN3O4S2. The van der Waals surface area contributed by atoms with Gasteiger partial charge in [-0.25, -0.2) is 8.42 Å². The normalized spacial score (nSPS) is 16.7. The van der Waals surface area contributed by atoms with Gasteiger partial charge in [-0.15, -0.1) is 11.3 Å². The molecule has 4 aromatic rings. The summed E-state index contributed by atoms with van der Waals surface area (Å²) in [6, 6.07) is 14.0. The molecule has 2 aromatic heterocycles. The number of aromatic nitrogens is 1. The molecule has 1 amide bonds. The van der Waals surface area contributed by atoms with Crippen LogP contribution in [0.15, 0.2) is 65.1 Å². The summed E-state index contributed by atoms with van der Waals surface area (Å²) in [6.45, 7) is -0.145. The van der Waals surface area contributed by atoms with E-state index in [1.54, 1.807) is 48.8 Å². The van der Waals surface area contributed by atoms with Gasteiger partial charge in [-0.1, -0.05) is 29.8 Å². The van der Waals surface area contributed by atoms with Gasteiger partial charge in [-0.2, -0.15) is 4.31 Å². The Hall–Kier alpha value is -2.56. The molecule has 7 nitrogen and oxygen atoms in total. The molecule has 0 aliphatic carbocycles. The highest BCUT2D eigenvalue weighted by Gasteiger charge is 2.36. The van der Waals surface area contributed by atoms with Gasteiger partial charge >= 0.3 is 0 Å². The maximum atomic E-state index is 13.1. The summed E-state index contributed by atoms with van der Waals surface area (Å²) in [4.78, 5) is 18.2. The van der Waals surface area contributed by atoms with Crippen LogP contribution in [0.4, 0.5) is 0 Å². The third-order valence-electron chi connectivity index (χ3n) is 5.53. The molecule has 32 heavy (non-hydrogen) atoms. The lowest BCUT2D eigenvalue weighted by atomic mass is 10.1. The minimum absolute atomic E-state index is 0.0876. The fraction of sp³-hybridized carbons (Fsp3) is 0.182. The number of nitrogens with zero attached hydrogens (tertiary/aromatic N) is 3. The summed E-state index contributed by atoms with van der Waals surface area (Å²) in [5.41, 5.74) is 0.565. The summed E-state index contributed by atoms with van der Waals surface area (Å²) >= 11 is 7.13. The van der Waals surface area contributed by atoms with Gasteiger partial charge in [-0.3, -0.25) is 9.78 Å². The number of pyridine rings is 1. The number of fused-ring (bicyclic) bond motifs is 2. The molecule has 0 bridgehead atoms. The highest BCUT2D eigenvalue weighted by molar-refractivity contribution is 7.91. The van der Waals surface area contributed by atoms with Gasteiger partial charge in [0.15, 0.2) is 6.23 Å². The van der Waals surface area contributed by atoms with Crippen LogP contribution in [0.5, 0.6) is 0 Å². The van der Waals surface area contributed by atoms with Crippen molar-refractivity contribution in [3.8, 4) is 0 Å². The van der Waals surface area contributed by atoms with E-state index in [-0.39, 0.29) is 23.8 Å². The molecule has 2 aromatic carbocycles. The van der Waals surface area contributed by atoms with Crippen molar-refractivity contribution in [3.05, 3.63) is 71.5 Å². The van der Waals surface area contributed by atoms with Crippen molar-refractivity contribution in [2.75, 3.05) is 19.6 Å². The van der Waals surface area contributed by atoms with Gasteiger partial charge in [0.2, 0.25) is 5.91 Å². The van der Waals surface area contributed by atoms with Crippen molar-refractivity contribution in [1.82, 2.24) is 14.2 Å². The number of aliphatic hydroxyl groups is 1. The minimum atomic E-state index is -3.84. The summed E-state index contributed by atoms with van der Waals surface area (Å²) in [6.07, 6.45) is 2.23. The number of piperazine rings is 1. The first-order valence-corrected chi connectivity index (χ1v) is 12.5. The second-order valence-corrected chi connectivity index (χ2v) is 11.2. The predicted octanol–water partition coefficient (Wildman–Crippen LogP) is 3.63. The van der Waals surface area contributed by atoms with Gasteiger partial charge < -0.3 is 10.0 Å². The molecule has 164 valence electrons. The van der Waals surface area contributed by atoms with Crippen LogP contribution in [0.3, 0.4) is 0 Å². The molecule has 1 fully saturated rings. The molecular weight excluding hydrogens is 470 g/mol. The standard InChI is InChI=1S/C22H18ClN3O4S2/c23-18-4-3-15-10-21(31-19(15)11-18)32(29,30)25-7-8-26(20(27)13-25)22(28)16-1-2-17-12-24-6-5-14(17)9-16/h1-6,9-12,22,28H,7-8,13H2. The number of carbonyl (C=O) groups is 1. The molecule has 1 aliphatic heterocycles. The number of halogens is 1. The minimum Gasteiger partial charge on any atom is -0.369 e. The first-order chi connectivity index (χ1) is 15.3. The second-order valence-electron chi connectivity index (χ2n) is 7.53. The Morgan fingerprint density at radius 3 is 2.66 bits per heavy atom. The number of amides is 1. The van der Waals surface area contributed by atoms with E-state index < -0.39 is 22.2 Å². The smallest absolute Gasteiger partial charge is 0.253 e. The first kappa shape index (κ1) is 21.3. The molecule has 10 heteroatoms. The van der Waals surface area contributed by atoms with Crippen LogP contribution in [-0.4, -0.2) is 53.3 Å². The van der Waals surface area contributed by atoms with Crippen LogP contribution in [0.1, 0.15) is 11.8 Å². The zero-order valence-corrected chi connectivity index (χ0v) is 19.1. The van der Waals surface area contributed by atoms with Crippen molar-refractivity contribution in [2.45, 2.75) is 10.4 Å². The lowest BCUT2D eigenvalue weighted by Crippen LogP contribution is -2.53. The summed E-state index contributed by atoms with van der Waals surface area (Å²) in [5.74, 6) is -0.452. The molecule has 0 saturated carbocycles. The van der Waals surface area contributed by atoms with E-state index in [2.05, 4.69) is 4.98 Å². The van der Waals surface area contributed by atoms with E-state index in [1.807, 2.05) is 12.1 Å². The van der Waals surface area contributed by atoms with Crippen LogP contribution in [0.2, 0.25) is 5.02 Å². The van der Waals surface area contributed by atoms with E-state index in [9.17, 15) is 18.3 Å². The fourth-order valence-electron chi connectivity index (χ4n) is 3.81. The second kappa shape index (κ2) is 8.09. The van der Waals surface area contributed by atoms with Crippen LogP contribution in [-0.2, 0) is 14.8 Å². The maximum Gasteiger partial charge on any atom is 0.253 e. The Morgan fingerprint density at radius 2 is 1.84 bits per heavy atom. The topological polar surface area (TPSA) is 90.8 Å². The fourth-order valence-corrected chi connectivity index (χ4v) is 7.02. The summed E-state index contributed by atoms with van der Waals surface area (Å²) < 4.78 is 28.4. The monoisotopic (exact) mass is 487 g/mol. The number of thiophene rings is 1. The first-order valence-electron chi connectivity index (χ1n) is 9.83. The average molecular weight is 488 g/mol. The van der Waals surface area contributed by atoms with Crippen LogP contribution >= 0.6 is 22.9 Å². The third-order valence-corrected chi connectivity index (χ3v) is 9.16. The van der Waals surface area contributed by atoms with Crippen LogP contribution in [0, 0.1) is 0 Å². The molecule has 1 atom stereocenters. The largest absolute Gasteiger partial charge is 0.369 e. The zero-order valence-electron chi connectivity index (χ0n) is 16.7. The van der Waals surface area contributed by atoms with Gasteiger partial charge in [-0.05, 0) is 41.1 Å². The number of aliphatic hydroxyl groups excluding tert-OH is 1. The van der Waals surface area contributed by atoms with Gasteiger partial charge in [0, 0.05) is 46.2 Å². The van der Waals surface area contributed by atoms with Crippen molar-refractivity contribution in [1.29, 1.82) is 0 Å². The number of hydrogen-bond acceptors (Lipinski definition) is 6. The summed E-state index contributed by atoms with van der Waals surface area (Å²) in [7, 11) is -3.84. The van der Waals surface area contributed by atoms with E-state index in [1.165, 1.54) is 4.90 Å². The van der Waals surface area contributed by atoms with Gasteiger partial charge in [0.25, 0.3) is 10.0 Å². The van der Waals surface area contributed by atoms with Gasteiger partial charge in [0.05, 0.1) is 6.54 Å². The van der Waals surface area contributed by atoms with Crippen molar-refractivity contribution < 1.29 is 18.3 Å². The average Bonchev–Trinajstić information content (AvgIpc) is 3.22. The number of sulfonamides is 1. The Morgan fingerprint density at radius 1 is 1.03 bits per heavy atom. The molecule has 0 radical (unpaired) electrons. The van der Waals surface area contributed by atoms with E-state index >= 15 is 0 Å². The molecule has 1 unspecified atom stereocenters. The summed E-state index contributed by atoms with van der Waals surface area (Å²) in [5, 5.41) is 14.0. The zero-order chi connectivity index (χ0) is 22.5. The van der Waals surface area contributed by atoms with Crippen molar-refractivity contribution in [2.24, 2.45) is 0 Å². The van der Waals surface area contributed by atoms with Crippen molar-refractivity contribution in [3.63, 3.8) is 0 Å². The van der Waals surface area contributed by atoms with E-state index in [4.69, 9.17) is 11.6 Å². The van der Waals surface area contributed by atoms with E-state index in [0.717, 1.165) is 36.5 Å². The maximum absolute atomic E-state index is 13.1. The molecule has 1 saturated heterocycles. The molecule has 3 heterocycles.